The quantitative estimate of drug-likeness (QED) is 0.924. The summed E-state index contributed by atoms with van der Waals surface area (Å²) >= 11 is 0. The Morgan fingerprint density at radius 1 is 0.957 bits per heavy atom. The van der Waals surface area contributed by atoms with E-state index in [1.54, 1.807) is 12.1 Å². The second kappa shape index (κ2) is 6.46. The summed E-state index contributed by atoms with van der Waals surface area (Å²) in [5, 5.41) is 0. The molecule has 4 heteroatoms. The number of sulfonamides is 1. The third-order valence-electron chi connectivity index (χ3n) is 4.54. The molecule has 0 aromatic heterocycles. The average molecular weight is 329 g/mol. The van der Waals surface area contributed by atoms with Crippen LogP contribution >= 0.6 is 0 Å². The van der Waals surface area contributed by atoms with Gasteiger partial charge in [-0.25, -0.2) is 13.1 Å². The second-order valence-electron chi connectivity index (χ2n) is 6.39. The third-order valence-corrected chi connectivity index (χ3v) is 6.09. The highest BCUT2D eigenvalue weighted by atomic mass is 32.2. The van der Waals surface area contributed by atoms with Crippen molar-refractivity contribution >= 4 is 10.0 Å². The van der Waals surface area contributed by atoms with Gasteiger partial charge in [0.1, 0.15) is 0 Å². The van der Waals surface area contributed by atoms with Crippen LogP contribution in [0.3, 0.4) is 0 Å². The number of hydrogen-bond acceptors (Lipinski definition) is 2. The highest BCUT2D eigenvalue weighted by Crippen LogP contribution is 2.25. The summed E-state index contributed by atoms with van der Waals surface area (Å²) in [6, 6.07) is 13.1. The summed E-state index contributed by atoms with van der Waals surface area (Å²) in [6.07, 6.45) is 4.71. The Morgan fingerprint density at radius 3 is 2.30 bits per heavy atom. The zero-order valence-corrected chi connectivity index (χ0v) is 14.5. The molecule has 1 atom stereocenters. The van der Waals surface area contributed by atoms with Gasteiger partial charge in [-0.15, -0.1) is 0 Å². The first-order chi connectivity index (χ1) is 11.0. The van der Waals surface area contributed by atoms with E-state index in [1.807, 2.05) is 32.0 Å². The first kappa shape index (κ1) is 16.2. The Hall–Kier alpha value is -1.65. The molecule has 0 saturated carbocycles. The van der Waals surface area contributed by atoms with Crippen LogP contribution in [0.2, 0.25) is 0 Å². The fourth-order valence-corrected chi connectivity index (χ4v) is 4.34. The van der Waals surface area contributed by atoms with Crippen molar-refractivity contribution < 1.29 is 8.42 Å². The number of rotatable bonds is 4. The van der Waals surface area contributed by atoms with Gasteiger partial charge in [0, 0.05) is 6.04 Å². The maximum absolute atomic E-state index is 12.5. The minimum absolute atomic E-state index is 0.242. The molecule has 0 radical (unpaired) electrons. The van der Waals surface area contributed by atoms with E-state index >= 15 is 0 Å². The molecule has 0 heterocycles. The smallest absolute Gasteiger partial charge is 0.207 e. The number of aryl methyl sites for hydroxylation is 3. The number of fused-ring (bicyclic) bond motifs is 1. The molecular formula is C19H23NO2S. The number of benzene rings is 2. The van der Waals surface area contributed by atoms with Crippen molar-refractivity contribution in [2.24, 2.45) is 0 Å². The maximum Gasteiger partial charge on any atom is 0.241 e. The van der Waals surface area contributed by atoms with E-state index < -0.39 is 10.0 Å². The normalized spacial score (nSPS) is 15.9. The molecule has 2 aromatic rings. The first-order valence-corrected chi connectivity index (χ1v) is 9.65. The minimum Gasteiger partial charge on any atom is -0.207 e. The van der Waals surface area contributed by atoms with E-state index in [2.05, 4.69) is 16.9 Å². The Bertz CT molecular complexity index is 795. The van der Waals surface area contributed by atoms with E-state index in [4.69, 9.17) is 0 Å². The monoisotopic (exact) mass is 329 g/mol. The van der Waals surface area contributed by atoms with Crippen LogP contribution in [0, 0.1) is 6.92 Å². The molecular weight excluding hydrogens is 306 g/mol. The molecule has 1 aliphatic rings. The van der Waals surface area contributed by atoms with Crippen LogP contribution < -0.4 is 4.72 Å². The molecule has 0 spiro atoms. The third kappa shape index (κ3) is 3.65. The predicted molar refractivity (Wildman–Crippen MR) is 93.0 cm³/mol. The zero-order valence-electron chi connectivity index (χ0n) is 13.7. The Labute approximate surface area is 138 Å². The van der Waals surface area contributed by atoms with Gasteiger partial charge in [0.05, 0.1) is 4.90 Å². The molecule has 0 unspecified atom stereocenters. The lowest BCUT2D eigenvalue weighted by atomic mass is 9.89. The molecule has 0 bridgehead atoms. The minimum atomic E-state index is -3.50. The largest absolute Gasteiger partial charge is 0.241 e. The summed E-state index contributed by atoms with van der Waals surface area (Å²) < 4.78 is 27.8. The van der Waals surface area contributed by atoms with Crippen molar-refractivity contribution in [2.45, 2.75) is 50.5 Å². The van der Waals surface area contributed by atoms with Crippen LogP contribution in [0.1, 0.15) is 48.1 Å². The highest BCUT2D eigenvalue weighted by Gasteiger charge is 2.19. The van der Waals surface area contributed by atoms with Crippen molar-refractivity contribution in [1.82, 2.24) is 4.72 Å². The van der Waals surface area contributed by atoms with Crippen LogP contribution in [0.25, 0.3) is 0 Å². The van der Waals surface area contributed by atoms with Gasteiger partial charge in [-0.05, 0) is 68.4 Å². The van der Waals surface area contributed by atoms with Gasteiger partial charge in [-0.3, -0.25) is 0 Å². The SMILES string of the molecule is Cc1ccc(S(=O)(=O)N[C@H](C)c2ccc3c(c2)CCCC3)cc1. The molecule has 0 fully saturated rings. The van der Waals surface area contributed by atoms with Gasteiger partial charge >= 0.3 is 0 Å². The standard InChI is InChI=1S/C19H23NO2S/c1-14-7-11-19(12-8-14)23(21,22)20-15(2)17-10-9-16-5-3-4-6-18(16)13-17/h7-13,15,20H,3-6H2,1-2H3/t15-/m1/s1. The first-order valence-electron chi connectivity index (χ1n) is 8.16. The molecule has 2 aromatic carbocycles. The topological polar surface area (TPSA) is 46.2 Å². The molecule has 0 saturated heterocycles. The van der Waals surface area contributed by atoms with Crippen molar-refractivity contribution in [1.29, 1.82) is 0 Å². The van der Waals surface area contributed by atoms with Crippen molar-refractivity contribution in [3.05, 3.63) is 64.7 Å². The lowest BCUT2D eigenvalue weighted by Gasteiger charge is -2.20. The van der Waals surface area contributed by atoms with Crippen LogP contribution in [-0.2, 0) is 22.9 Å². The molecule has 122 valence electrons. The molecule has 0 amide bonds. The highest BCUT2D eigenvalue weighted by molar-refractivity contribution is 7.89. The lowest BCUT2D eigenvalue weighted by Crippen LogP contribution is -2.27. The number of hydrogen-bond donors (Lipinski definition) is 1. The maximum atomic E-state index is 12.5. The summed E-state index contributed by atoms with van der Waals surface area (Å²) in [5.41, 5.74) is 4.86. The molecule has 1 aliphatic carbocycles. The Kier molecular flexibility index (Phi) is 4.55. The van der Waals surface area contributed by atoms with Gasteiger partial charge in [-0.2, -0.15) is 0 Å². The Balaban J connectivity index is 1.80. The summed E-state index contributed by atoms with van der Waals surface area (Å²) in [4.78, 5) is 0.313. The average Bonchev–Trinajstić information content (AvgIpc) is 2.54. The second-order valence-corrected chi connectivity index (χ2v) is 8.11. The fourth-order valence-electron chi connectivity index (χ4n) is 3.11. The van der Waals surface area contributed by atoms with Gasteiger partial charge in [0.25, 0.3) is 0 Å². The van der Waals surface area contributed by atoms with Gasteiger partial charge in [-0.1, -0.05) is 35.9 Å². The van der Waals surface area contributed by atoms with Gasteiger partial charge < -0.3 is 0 Å². The summed E-state index contributed by atoms with van der Waals surface area (Å²) in [5.74, 6) is 0. The molecule has 1 N–H and O–H groups in total. The van der Waals surface area contributed by atoms with E-state index in [0.29, 0.717) is 4.90 Å². The van der Waals surface area contributed by atoms with Crippen LogP contribution in [-0.4, -0.2) is 8.42 Å². The van der Waals surface area contributed by atoms with Crippen molar-refractivity contribution in [3.63, 3.8) is 0 Å². The van der Waals surface area contributed by atoms with Crippen LogP contribution in [0.4, 0.5) is 0 Å². The molecule has 0 aliphatic heterocycles. The molecule has 3 nitrogen and oxygen atoms in total. The van der Waals surface area contributed by atoms with E-state index in [9.17, 15) is 8.42 Å². The number of nitrogens with one attached hydrogen (secondary N) is 1. The van der Waals surface area contributed by atoms with Crippen LogP contribution in [0.15, 0.2) is 47.4 Å². The van der Waals surface area contributed by atoms with Crippen molar-refractivity contribution in [2.75, 3.05) is 0 Å². The summed E-state index contributed by atoms with van der Waals surface area (Å²) in [7, 11) is -3.50. The van der Waals surface area contributed by atoms with E-state index in [0.717, 1.165) is 24.0 Å². The summed E-state index contributed by atoms with van der Waals surface area (Å²) in [6.45, 7) is 3.84. The molecule has 23 heavy (non-hydrogen) atoms. The molecule has 3 rings (SSSR count). The van der Waals surface area contributed by atoms with Gasteiger partial charge in [0.2, 0.25) is 10.0 Å². The van der Waals surface area contributed by atoms with E-state index in [1.165, 1.54) is 24.0 Å². The lowest BCUT2D eigenvalue weighted by molar-refractivity contribution is 0.566. The van der Waals surface area contributed by atoms with Crippen LogP contribution in [0.5, 0.6) is 0 Å². The Morgan fingerprint density at radius 2 is 1.61 bits per heavy atom. The van der Waals surface area contributed by atoms with Crippen molar-refractivity contribution in [3.8, 4) is 0 Å². The van der Waals surface area contributed by atoms with E-state index in [-0.39, 0.29) is 6.04 Å². The predicted octanol–water partition coefficient (Wildman–Crippen LogP) is 3.91. The van der Waals surface area contributed by atoms with Gasteiger partial charge in [0.15, 0.2) is 0 Å². The fraction of sp³-hybridized carbons (Fsp3) is 0.368. The zero-order chi connectivity index (χ0) is 16.4.